The largest absolute Gasteiger partial charge is 0.358 e. The van der Waals surface area contributed by atoms with E-state index in [1.54, 1.807) is 31.6 Å². The van der Waals surface area contributed by atoms with Crippen LogP contribution in [0.1, 0.15) is 17.2 Å². The number of pyridine rings is 1. The van der Waals surface area contributed by atoms with Gasteiger partial charge in [-0.2, -0.15) is 0 Å². The number of hydrogen-bond donors (Lipinski definition) is 1. The van der Waals surface area contributed by atoms with Gasteiger partial charge in [-0.15, -0.1) is 0 Å². The number of carbonyl (C=O) groups excluding carboxylic acids is 1. The van der Waals surface area contributed by atoms with Gasteiger partial charge in [0.15, 0.2) is 0 Å². The Labute approximate surface area is 140 Å². The Morgan fingerprint density at radius 1 is 1.36 bits per heavy atom. The quantitative estimate of drug-likeness (QED) is 0.911. The van der Waals surface area contributed by atoms with Crippen LogP contribution in [0, 0.1) is 0 Å². The summed E-state index contributed by atoms with van der Waals surface area (Å²) < 4.78 is 0. The molecule has 0 aliphatic rings. The summed E-state index contributed by atoms with van der Waals surface area (Å²) in [7, 11) is 3.49. The molecule has 1 amide bonds. The maximum Gasteiger partial charge on any atom is 0.233 e. The van der Waals surface area contributed by atoms with Crippen LogP contribution in [0.15, 0.2) is 42.7 Å². The van der Waals surface area contributed by atoms with E-state index >= 15 is 0 Å². The first-order valence-electron chi connectivity index (χ1n) is 6.78. The lowest BCUT2D eigenvalue weighted by molar-refractivity contribution is -0.121. The van der Waals surface area contributed by atoms with E-state index in [9.17, 15) is 4.79 Å². The molecule has 6 heteroatoms. The number of rotatable bonds is 5. The summed E-state index contributed by atoms with van der Waals surface area (Å²) in [5.74, 6) is -0.0681. The van der Waals surface area contributed by atoms with E-state index in [4.69, 9.17) is 23.2 Å². The van der Waals surface area contributed by atoms with Gasteiger partial charge in [-0.25, -0.2) is 0 Å². The van der Waals surface area contributed by atoms with Crippen molar-refractivity contribution in [1.82, 2.24) is 15.2 Å². The Morgan fingerprint density at radius 3 is 2.73 bits per heavy atom. The van der Waals surface area contributed by atoms with Crippen LogP contribution in [0.2, 0.25) is 10.0 Å². The number of likely N-dealkylation sites (N-methyl/N-ethyl adjacent to an activating group) is 2. The first kappa shape index (κ1) is 16.7. The smallest absolute Gasteiger partial charge is 0.233 e. The molecule has 2 aromatic rings. The second kappa shape index (κ2) is 7.58. The minimum Gasteiger partial charge on any atom is -0.358 e. The molecule has 0 saturated carbocycles. The molecular weight excluding hydrogens is 321 g/mol. The van der Waals surface area contributed by atoms with Crippen LogP contribution >= 0.6 is 23.2 Å². The second-order valence-electron chi connectivity index (χ2n) is 4.94. The maximum absolute atomic E-state index is 11.7. The number of amides is 1. The number of halogens is 2. The third-order valence-corrected chi connectivity index (χ3v) is 3.93. The fraction of sp³-hybridized carbons (Fsp3) is 0.250. The van der Waals surface area contributed by atoms with Gasteiger partial charge in [0.25, 0.3) is 0 Å². The molecular formula is C16H17Cl2N3O. The summed E-state index contributed by atoms with van der Waals surface area (Å²) >= 11 is 12.3. The monoisotopic (exact) mass is 337 g/mol. The molecule has 0 radical (unpaired) electrons. The van der Waals surface area contributed by atoms with Gasteiger partial charge in [-0.3, -0.25) is 14.7 Å². The van der Waals surface area contributed by atoms with Crippen molar-refractivity contribution >= 4 is 29.1 Å². The molecule has 1 aromatic heterocycles. The van der Waals surface area contributed by atoms with Gasteiger partial charge in [-0.05, 0) is 36.4 Å². The van der Waals surface area contributed by atoms with Crippen LogP contribution in [0.5, 0.6) is 0 Å². The molecule has 1 aromatic carbocycles. The molecule has 0 unspecified atom stereocenters. The fourth-order valence-corrected chi connectivity index (χ4v) is 2.84. The Kier molecular flexibility index (Phi) is 5.77. The lowest BCUT2D eigenvalue weighted by atomic mass is 9.98. The van der Waals surface area contributed by atoms with E-state index in [0.29, 0.717) is 10.0 Å². The van der Waals surface area contributed by atoms with Gasteiger partial charge in [0.1, 0.15) is 0 Å². The van der Waals surface area contributed by atoms with Crippen molar-refractivity contribution in [3.05, 3.63) is 63.9 Å². The zero-order chi connectivity index (χ0) is 16.1. The highest BCUT2D eigenvalue weighted by atomic mass is 35.5. The maximum atomic E-state index is 11.7. The van der Waals surface area contributed by atoms with Gasteiger partial charge in [0.2, 0.25) is 5.91 Å². The highest BCUT2D eigenvalue weighted by Crippen LogP contribution is 2.33. The fourth-order valence-electron chi connectivity index (χ4n) is 2.33. The van der Waals surface area contributed by atoms with Crippen molar-refractivity contribution < 1.29 is 4.79 Å². The van der Waals surface area contributed by atoms with Gasteiger partial charge in [0.05, 0.1) is 12.6 Å². The van der Waals surface area contributed by atoms with Crippen molar-refractivity contribution in [2.75, 3.05) is 20.6 Å². The van der Waals surface area contributed by atoms with Crippen LogP contribution in [-0.2, 0) is 4.79 Å². The molecule has 1 N–H and O–H groups in total. The normalized spacial score (nSPS) is 12.2. The van der Waals surface area contributed by atoms with Gasteiger partial charge >= 0.3 is 0 Å². The molecule has 0 aliphatic carbocycles. The molecule has 1 heterocycles. The van der Waals surface area contributed by atoms with E-state index in [1.165, 1.54) is 0 Å². The van der Waals surface area contributed by atoms with Crippen LogP contribution in [0.4, 0.5) is 0 Å². The Bertz CT molecular complexity index is 649. The van der Waals surface area contributed by atoms with Crippen molar-refractivity contribution in [1.29, 1.82) is 0 Å². The molecule has 2 rings (SSSR count). The van der Waals surface area contributed by atoms with Crippen LogP contribution in [0.3, 0.4) is 0 Å². The number of nitrogens with zero attached hydrogens (tertiary/aromatic N) is 2. The van der Waals surface area contributed by atoms with Gasteiger partial charge < -0.3 is 5.32 Å². The van der Waals surface area contributed by atoms with Crippen LogP contribution < -0.4 is 5.32 Å². The zero-order valence-corrected chi connectivity index (χ0v) is 13.9. The van der Waals surface area contributed by atoms with E-state index in [2.05, 4.69) is 10.3 Å². The summed E-state index contributed by atoms with van der Waals surface area (Å²) in [5.41, 5.74) is 1.84. The average molecular weight is 338 g/mol. The van der Waals surface area contributed by atoms with E-state index in [1.807, 2.05) is 30.1 Å². The number of nitrogens with one attached hydrogen (secondary N) is 1. The molecule has 0 bridgehead atoms. The summed E-state index contributed by atoms with van der Waals surface area (Å²) in [5, 5.41) is 3.76. The molecule has 116 valence electrons. The molecule has 0 spiro atoms. The molecule has 4 nitrogen and oxygen atoms in total. The number of aromatic nitrogens is 1. The second-order valence-corrected chi connectivity index (χ2v) is 5.79. The summed E-state index contributed by atoms with van der Waals surface area (Å²) in [6.07, 6.45) is 3.48. The zero-order valence-electron chi connectivity index (χ0n) is 12.4. The standard InChI is InChI=1S/C16H17Cl2N3O/c1-19-15(22)10-21(2)16(11-4-3-7-20-9-11)13-6-5-12(17)8-14(13)18/h3-9,16H,10H2,1-2H3,(H,19,22)/t16-/m1/s1. The highest BCUT2D eigenvalue weighted by molar-refractivity contribution is 6.35. The van der Waals surface area contributed by atoms with Crippen LogP contribution in [0.25, 0.3) is 0 Å². The molecule has 1 atom stereocenters. The summed E-state index contributed by atoms with van der Waals surface area (Å²) in [4.78, 5) is 17.8. The first-order valence-corrected chi connectivity index (χ1v) is 7.54. The summed E-state index contributed by atoms with van der Waals surface area (Å²) in [6, 6.07) is 9.01. The molecule has 22 heavy (non-hydrogen) atoms. The SMILES string of the molecule is CNC(=O)CN(C)[C@H](c1cccnc1)c1ccc(Cl)cc1Cl. The third-order valence-electron chi connectivity index (χ3n) is 3.37. The number of carbonyl (C=O) groups is 1. The minimum absolute atomic E-state index is 0.0681. The number of hydrogen-bond acceptors (Lipinski definition) is 3. The Hall–Kier alpha value is -1.62. The van der Waals surface area contributed by atoms with E-state index in [0.717, 1.165) is 11.1 Å². The van der Waals surface area contributed by atoms with Crippen molar-refractivity contribution in [2.24, 2.45) is 0 Å². The molecule has 0 aliphatic heterocycles. The number of benzene rings is 1. The van der Waals surface area contributed by atoms with Crippen molar-refractivity contribution in [3.63, 3.8) is 0 Å². The Balaban J connectivity index is 2.43. The lowest BCUT2D eigenvalue weighted by Gasteiger charge is -2.28. The Morgan fingerprint density at radius 2 is 2.14 bits per heavy atom. The molecule has 0 fully saturated rings. The highest BCUT2D eigenvalue weighted by Gasteiger charge is 2.23. The average Bonchev–Trinajstić information content (AvgIpc) is 2.50. The predicted octanol–water partition coefficient (Wildman–Crippen LogP) is 3.16. The molecule has 0 saturated heterocycles. The minimum atomic E-state index is -0.184. The predicted molar refractivity (Wildman–Crippen MR) is 89.2 cm³/mol. The van der Waals surface area contributed by atoms with E-state index in [-0.39, 0.29) is 18.5 Å². The topological polar surface area (TPSA) is 45.2 Å². The van der Waals surface area contributed by atoms with Gasteiger partial charge in [-0.1, -0.05) is 35.3 Å². The van der Waals surface area contributed by atoms with E-state index < -0.39 is 0 Å². The lowest BCUT2D eigenvalue weighted by Crippen LogP contribution is -2.36. The summed E-state index contributed by atoms with van der Waals surface area (Å²) in [6.45, 7) is 0.245. The third kappa shape index (κ3) is 3.97. The van der Waals surface area contributed by atoms with Crippen LogP contribution in [-0.4, -0.2) is 36.4 Å². The first-order chi connectivity index (χ1) is 10.5. The van der Waals surface area contributed by atoms with Crippen molar-refractivity contribution in [3.8, 4) is 0 Å². The van der Waals surface area contributed by atoms with Gasteiger partial charge in [0, 0.05) is 29.5 Å². The van der Waals surface area contributed by atoms with Crippen molar-refractivity contribution in [2.45, 2.75) is 6.04 Å².